The maximum Gasteiger partial charge on any atom is 0.325 e. The molecule has 338 valence electrons. The Labute approximate surface area is 362 Å². The first-order valence-electron chi connectivity index (χ1n) is 21.7. The molecule has 13 heteroatoms. The normalized spacial score (nSPS) is 16.4. The smallest absolute Gasteiger partial charge is 0.325 e. The van der Waals surface area contributed by atoms with Gasteiger partial charge < -0.3 is 33.9 Å². The molecule has 2 aliphatic carbocycles. The van der Waals surface area contributed by atoms with E-state index in [1.165, 1.54) is 12.2 Å². The third-order valence-electron chi connectivity index (χ3n) is 9.87. The number of hydrogen-bond acceptors (Lipinski definition) is 13. The highest BCUT2D eigenvalue weighted by Gasteiger charge is 2.28. The van der Waals surface area contributed by atoms with Crippen molar-refractivity contribution in [3.63, 3.8) is 0 Å². The Morgan fingerprint density at radius 3 is 1.57 bits per heavy atom. The summed E-state index contributed by atoms with van der Waals surface area (Å²) in [6.45, 7) is 12.8. The van der Waals surface area contributed by atoms with E-state index in [1.807, 2.05) is 69.3 Å². The van der Waals surface area contributed by atoms with Gasteiger partial charge >= 0.3 is 11.9 Å². The van der Waals surface area contributed by atoms with E-state index in [0.717, 1.165) is 73.6 Å². The molecule has 1 unspecified atom stereocenters. The number of carbonyl (C=O) groups excluding carboxylic acids is 4. The number of hydrogen-bond donors (Lipinski definition) is 4. The second kappa shape index (κ2) is 27.8. The van der Waals surface area contributed by atoms with Crippen LogP contribution in [0.3, 0.4) is 0 Å². The summed E-state index contributed by atoms with van der Waals surface area (Å²) in [4.78, 5) is 48.0. The second-order valence-electron chi connectivity index (χ2n) is 17.0. The quantitative estimate of drug-likeness (QED) is 0.0529. The molecule has 2 aliphatic rings. The van der Waals surface area contributed by atoms with Gasteiger partial charge in [0.2, 0.25) is 0 Å². The fourth-order valence-corrected chi connectivity index (χ4v) is 6.30. The molecule has 0 aliphatic heterocycles. The summed E-state index contributed by atoms with van der Waals surface area (Å²) in [5, 5.41) is 24.4. The Balaban J connectivity index is 0.000000347. The van der Waals surface area contributed by atoms with E-state index in [0.29, 0.717) is 25.6 Å². The predicted molar refractivity (Wildman–Crippen MR) is 235 cm³/mol. The number of nitrogens with one attached hydrogen (secondary N) is 2. The molecular formula is C48H70N2O11. The average Bonchev–Trinajstić information content (AvgIpc) is 3.96. The Kier molecular flexibility index (Phi) is 23.3. The zero-order chi connectivity index (χ0) is 44.6. The highest BCUT2D eigenvalue weighted by atomic mass is 16.7. The molecule has 0 amide bonds. The Morgan fingerprint density at radius 1 is 0.672 bits per heavy atom. The van der Waals surface area contributed by atoms with Crippen LogP contribution >= 0.6 is 0 Å². The summed E-state index contributed by atoms with van der Waals surface area (Å²) < 4.78 is 28.0. The van der Waals surface area contributed by atoms with Crippen molar-refractivity contribution >= 4 is 35.7 Å². The van der Waals surface area contributed by atoms with E-state index in [9.17, 15) is 24.3 Å². The molecule has 0 spiro atoms. The molecule has 4 N–H and O–H groups in total. The van der Waals surface area contributed by atoms with Crippen LogP contribution < -0.4 is 10.6 Å². The maximum absolute atomic E-state index is 12.8. The van der Waals surface area contributed by atoms with E-state index >= 15 is 0 Å². The molecule has 0 aromatic heterocycles. The van der Waals surface area contributed by atoms with Crippen molar-refractivity contribution in [1.82, 2.24) is 10.6 Å². The number of ether oxygens (including phenoxy) is 5. The minimum Gasteiger partial charge on any atom is -0.461 e. The monoisotopic (exact) mass is 850 g/mol. The first kappa shape index (κ1) is 51.3. The fourth-order valence-electron chi connectivity index (χ4n) is 6.30. The van der Waals surface area contributed by atoms with E-state index in [2.05, 4.69) is 24.5 Å². The highest BCUT2D eigenvalue weighted by Crippen LogP contribution is 2.23. The highest BCUT2D eigenvalue weighted by molar-refractivity contribution is 5.95. The van der Waals surface area contributed by atoms with Crippen LogP contribution in [0, 0.1) is 5.92 Å². The lowest BCUT2D eigenvalue weighted by molar-refractivity contribution is -0.155. The second-order valence-corrected chi connectivity index (χ2v) is 17.0. The van der Waals surface area contributed by atoms with E-state index in [-0.39, 0.29) is 55.2 Å². The number of rotatable bonds is 24. The summed E-state index contributed by atoms with van der Waals surface area (Å²) in [6, 6.07) is 14.0. The van der Waals surface area contributed by atoms with Gasteiger partial charge in [-0.2, -0.15) is 0 Å². The van der Waals surface area contributed by atoms with Crippen molar-refractivity contribution in [3.8, 4) is 0 Å². The maximum atomic E-state index is 12.8. The van der Waals surface area contributed by atoms with Crippen molar-refractivity contribution in [2.45, 2.75) is 142 Å². The zero-order valence-electron chi connectivity index (χ0n) is 37.1. The van der Waals surface area contributed by atoms with Gasteiger partial charge in [-0.15, -0.1) is 0 Å². The van der Waals surface area contributed by atoms with Crippen molar-refractivity contribution in [2.24, 2.45) is 5.92 Å². The lowest BCUT2D eigenvalue weighted by atomic mass is 10.1. The average molecular weight is 851 g/mol. The third kappa shape index (κ3) is 22.0. The molecule has 61 heavy (non-hydrogen) atoms. The van der Waals surface area contributed by atoms with Crippen LogP contribution in [-0.4, -0.2) is 103 Å². The van der Waals surface area contributed by atoms with E-state index < -0.39 is 30.9 Å². The van der Waals surface area contributed by atoms with Crippen molar-refractivity contribution < 1.29 is 53.1 Å². The van der Waals surface area contributed by atoms with Gasteiger partial charge in [-0.05, 0) is 119 Å². The van der Waals surface area contributed by atoms with E-state index in [1.54, 1.807) is 19.1 Å². The van der Waals surface area contributed by atoms with Crippen LogP contribution in [0.15, 0.2) is 60.7 Å². The molecule has 0 heterocycles. The molecule has 4 rings (SSSR count). The Bertz CT molecular complexity index is 1660. The topological polar surface area (TPSA) is 179 Å². The van der Waals surface area contributed by atoms with Gasteiger partial charge in [0.05, 0.1) is 25.4 Å². The van der Waals surface area contributed by atoms with Gasteiger partial charge in [-0.25, -0.2) is 0 Å². The fraction of sp³-hybridized carbons (Fsp3) is 0.583. The molecule has 0 bridgehead atoms. The van der Waals surface area contributed by atoms with Gasteiger partial charge in [0.15, 0.2) is 17.9 Å². The van der Waals surface area contributed by atoms with Gasteiger partial charge in [0, 0.05) is 13.1 Å². The Morgan fingerprint density at radius 2 is 1.13 bits per heavy atom. The molecule has 2 aromatic rings. The molecule has 3 atom stereocenters. The molecule has 13 nitrogen and oxygen atoms in total. The standard InChI is InChI=1S/C29H45NO6.C19H25NO5/c1-21(2)18-33-22(3)34-19-25(31)16-15-23-11-13-24(14-12-23)17-30-27(20-35-29(4,5)6)28(32)36-26-9-7-8-10-26;21-12-16(23)10-9-14-5-7-15(8-6-14)11-20-18(13-22)19(24)25-17-3-1-2-4-17/h11-16,21-22,26-27,30H,7-10,17-20H2,1-6H3;5-10,17-18,20-22H,1-4,11-13H2/b16-15+;10-9+/t22?,27-;18-/m11/s1. The lowest BCUT2D eigenvalue weighted by Crippen LogP contribution is -2.44. The van der Waals surface area contributed by atoms with Crippen molar-refractivity contribution in [2.75, 3.05) is 33.0 Å². The number of aliphatic hydroxyl groups is 2. The van der Waals surface area contributed by atoms with Crippen LogP contribution in [0.1, 0.15) is 115 Å². The number of ketones is 2. The number of esters is 2. The van der Waals surface area contributed by atoms with Crippen molar-refractivity contribution in [1.29, 1.82) is 0 Å². The van der Waals surface area contributed by atoms with Gasteiger partial charge in [-0.3, -0.25) is 29.8 Å². The van der Waals surface area contributed by atoms with Crippen LogP contribution in [-0.2, 0) is 56.0 Å². The lowest BCUT2D eigenvalue weighted by Gasteiger charge is -2.25. The summed E-state index contributed by atoms with van der Waals surface area (Å²) in [6.07, 6.45) is 13.9. The van der Waals surface area contributed by atoms with Crippen LogP contribution in [0.25, 0.3) is 12.2 Å². The van der Waals surface area contributed by atoms with Gasteiger partial charge in [-0.1, -0.05) is 74.5 Å². The van der Waals surface area contributed by atoms with Gasteiger partial charge in [0.1, 0.15) is 37.5 Å². The molecule has 2 fully saturated rings. The summed E-state index contributed by atoms with van der Waals surface area (Å²) in [5.74, 6) is -0.717. The summed E-state index contributed by atoms with van der Waals surface area (Å²) in [7, 11) is 0. The van der Waals surface area contributed by atoms with Crippen LogP contribution in [0.4, 0.5) is 0 Å². The minimum atomic E-state index is -0.734. The van der Waals surface area contributed by atoms with E-state index in [4.69, 9.17) is 28.8 Å². The Hall–Kier alpha value is -4.08. The number of benzene rings is 2. The molecule has 0 radical (unpaired) electrons. The molecule has 2 saturated carbocycles. The summed E-state index contributed by atoms with van der Waals surface area (Å²) in [5.41, 5.74) is 3.36. The predicted octanol–water partition coefficient (Wildman–Crippen LogP) is 6.26. The van der Waals surface area contributed by atoms with Crippen LogP contribution in [0.5, 0.6) is 0 Å². The first-order chi connectivity index (χ1) is 29.1. The molecule has 0 saturated heterocycles. The number of aliphatic hydroxyl groups excluding tert-OH is 2. The zero-order valence-corrected chi connectivity index (χ0v) is 37.1. The SMILES string of the molecule is CC(C)COC(C)OCC(=O)/C=C/c1ccc(CN[C@H](COC(C)(C)C)C(=O)OC2CCCC2)cc1.O=C(/C=C/c1ccc(CN[C@H](CO)C(=O)OC2CCCC2)cc1)CO. The molecular weight excluding hydrogens is 781 g/mol. The summed E-state index contributed by atoms with van der Waals surface area (Å²) >= 11 is 0. The largest absolute Gasteiger partial charge is 0.461 e. The van der Waals surface area contributed by atoms with Crippen molar-refractivity contribution in [3.05, 3.63) is 82.9 Å². The van der Waals surface area contributed by atoms with Gasteiger partial charge in [0.25, 0.3) is 0 Å². The first-order valence-corrected chi connectivity index (χ1v) is 21.7. The third-order valence-corrected chi connectivity index (χ3v) is 9.87. The molecule has 2 aromatic carbocycles. The number of carbonyl (C=O) groups is 4. The minimum absolute atomic E-state index is 0.0175. The van der Waals surface area contributed by atoms with Crippen LogP contribution in [0.2, 0.25) is 0 Å².